The second-order valence-electron chi connectivity index (χ2n) is 10.00. The van der Waals surface area contributed by atoms with Gasteiger partial charge in [0.1, 0.15) is 18.1 Å². The summed E-state index contributed by atoms with van der Waals surface area (Å²) in [4.78, 5) is 13.1. The topological polar surface area (TPSA) is 63.5 Å². The van der Waals surface area contributed by atoms with Crippen LogP contribution in [0, 0.1) is 0 Å². The minimum Gasteiger partial charge on any atom is -0.508 e. The maximum absolute atomic E-state index is 13.1. The predicted molar refractivity (Wildman–Crippen MR) is 143 cm³/mol. The van der Waals surface area contributed by atoms with Crippen LogP contribution in [0.25, 0.3) is 22.2 Å². The van der Waals surface area contributed by atoms with Crippen molar-refractivity contribution in [1.29, 1.82) is 0 Å². The van der Waals surface area contributed by atoms with Crippen molar-refractivity contribution in [3.05, 3.63) is 83.4 Å². The second kappa shape index (κ2) is 9.73. The summed E-state index contributed by atoms with van der Waals surface area (Å²) in [5.41, 5.74) is 6.75. The molecule has 0 saturated heterocycles. The summed E-state index contributed by atoms with van der Waals surface area (Å²) in [5.74, 6) is 1.68. The van der Waals surface area contributed by atoms with Gasteiger partial charge in [0.2, 0.25) is 0 Å². The lowest BCUT2D eigenvalue weighted by Gasteiger charge is -2.23. The first-order chi connectivity index (χ1) is 17.7. The molecule has 5 nitrogen and oxygen atoms in total. The number of benzene rings is 3. The zero-order valence-electron chi connectivity index (χ0n) is 20.5. The minimum absolute atomic E-state index is 0.0595. The lowest BCUT2D eigenvalue weighted by molar-refractivity contribution is 0.0954. The first-order valence-electron chi connectivity index (χ1n) is 13.1. The highest BCUT2D eigenvalue weighted by molar-refractivity contribution is 6.01. The molecule has 184 valence electrons. The Labute approximate surface area is 211 Å². The number of rotatable bonds is 5. The van der Waals surface area contributed by atoms with Crippen molar-refractivity contribution in [2.45, 2.75) is 51.0 Å². The Kier molecular flexibility index (Phi) is 6.14. The van der Waals surface area contributed by atoms with E-state index in [0.29, 0.717) is 24.6 Å². The fourth-order valence-corrected chi connectivity index (χ4v) is 5.96. The van der Waals surface area contributed by atoms with Crippen molar-refractivity contribution in [1.82, 2.24) is 9.88 Å². The number of nitrogens with one attached hydrogen (secondary N) is 1. The van der Waals surface area contributed by atoms with Crippen molar-refractivity contribution in [2.75, 3.05) is 13.2 Å². The van der Waals surface area contributed by atoms with Gasteiger partial charge in [0, 0.05) is 28.6 Å². The van der Waals surface area contributed by atoms with E-state index in [9.17, 15) is 9.90 Å². The van der Waals surface area contributed by atoms with Crippen LogP contribution in [0.1, 0.15) is 59.5 Å². The van der Waals surface area contributed by atoms with Gasteiger partial charge < -0.3 is 19.7 Å². The number of amides is 1. The number of aromatic hydroxyl groups is 1. The van der Waals surface area contributed by atoms with Crippen molar-refractivity contribution in [2.24, 2.45) is 0 Å². The van der Waals surface area contributed by atoms with E-state index in [1.807, 2.05) is 24.3 Å². The summed E-state index contributed by atoms with van der Waals surface area (Å²) >= 11 is 0. The average molecular weight is 481 g/mol. The van der Waals surface area contributed by atoms with Gasteiger partial charge in [-0.05, 0) is 72.7 Å². The van der Waals surface area contributed by atoms with E-state index in [4.69, 9.17) is 4.74 Å². The van der Waals surface area contributed by atoms with Gasteiger partial charge >= 0.3 is 0 Å². The van der Waals surface area contributed by atoms with E-state index in [2.05, 4.69) is 40.2 Å². The number of hydrogen-bond acceptors (Lipinski definition) is 3. The van der Waals surface area contributed by atoms with Crippen LogP contribution in [0.4, 0.5) is 0 Å². The number of aromatic nitrogens is 1. The van der Waals surface area contributed by atoms with E-state index in [1.165, 1.54) is 48.7 Å². The molecule has 0 bridgehead atoms. The number of ether oxygens (including phenoxy) is 1. The largest absolute Gasteiger partial charge is 0.508 e. The molecule has 1 amide bonds. The van der Waals surface area contributed by atoms with Crippen molar-refractivity contribution >= 4 is 16.8 Å². The van der Waals surface area contributed by atoms with Crippen LogP contribution in [0.3, 0.4) is 0 Å². The fraction of sp³-hybridized carbons (Fsp3) is 0.323. The molecule has 2 heterocycles. The maximum atomic E-state index is 13.1. The van der Waals surface area contributed by atoms with Gasteiger partial charge in [0.25, 0.3) is 5.91 Å². The van der Waals surface area contributed by atoms with Crippen molar-refractivity contribution < 1.29 is 14.6 Å². The van der Waals surface area contributed by atoms with Crippen LogP contribution in [-0.4, -0.2) is 28.7 Å². The molecule has 1 saturated carbocycles. The molecule has 1 aliphatic carbocycles. The third kappa shape index (κ3) is 4.23. The summed E-state index contributed by atoms with van der Waals surface area (Å²) in [6.07, 6.45) is 7.02. The highest BCUT2D eigenvalue weighted by Gasteiger charge is 2.29. The predicted octanol–water partition coefficient (Wildman–Crippen LogP) is 6.43. The molecule has 1 aliphatic heterocycles. The smallest absolute Gasteiger partial charge is 0.251 e. The van der Waals surface area contributed by atoms with Crippen LogP contribution in [0.5, 0.6) is 11.5 Å². The Bertz CT molecular complexity index is 1400. The molecule has 6 rings (SSSR count). The lowest BCUT2D eigenvalue weighted by atomic mass is 9.81. The summed E-state index contributed by atoms with van der Waals surface area (Å²) in [6.45, 7) is 1.92. The summed E-state index contributed by atoms with van der Waals surface area (Å²) < 4.78 is 8.53. The standard InChI is InChI=1S/C31H32N2O3/c34-24-13-10-21(11-14-24)16-17-32-31(35)23-12-15-25-27(20-23)33-18-19-36-28-9-5-4-8-26(28)30(33)29(25)22-6-2-1-3-7-22/h4-5,8-15,20,22,34H,1-3,6-7,16-19H2,(H,32,35). The van der Waals surface area contributed by atoms with Gasteiger partial charge in [-0.15, -0.1) is 0 Å². The van der Waals surface area contributed by atoms with Crippen LogP contribution in [0.15, 0.2) is 66.7 Å². The number of para-hydroxylation sites is 1. The third-order valence-electron chi connectivity index (χ3n) is 7.73. The SMILES string of the molecule is O=C(NCCc1ccc(O)cc1)c1ccc2c(C3CCCCC3)c3n(c2c1)CCOc1ccccc1-3. The van der Waals surface area contributed by atoms with Crippen LogP contribution in [0.2, 0.25) is 0 Å². The molecule has 1 fully saturated rings. The Morgan fingerprint density at radius 2 is 1.81 bits per heavy atom. The molecule has 2 N–H and O–H groups in total. The summed E-state index contributed by atoms with van der Waals surface area (Å²) in [7, 11) is 0. The van der Waals surface area contributed by atoms with E-state index in [1.54, 1.807) is 12.1 Å². The number of phenols is 1. The van der Waals surface area contributed by atoms with Gasteiger partial charge in [-0.3, -0.25) is 4.79 Å². The Hall–Kier alpha value is -3.73. The lowest BCUT2D eigenvalue weighted by Crippen LogP contribution is -2.25. The van der Waals surface area contributed by atoms with Crippen LogP contribution < -0.4 is 10.1 Å². The van der Waals surface area contributed by atoms with Gasteiger partial charge in [-0.1, -0.05) is 49.6 Å². The van der Waals surface area contributed by atoms with Crippen LogP contribution in [-0.2, 0) is 13.0 Å². The molecule has 2 aliphatic rings. The molecule has 4 aromatic rings. The number of fused-ring (bicyclic) bond motifs is 5. The monoisotopic (exact) mass is 480 g/mol. The number of carbonyl (C=O) groups excluding carboxylic acids is 1. The zero-order valence-corrected chi connectivity index (χ0v) is 20.5. The van der Waals surface area contributed by atoms with Gasteiger partial charge in [-0.2, -0.15) is 0 Å². The highest BCUT2D eigenvalue weighted by atomic mass is 16.5. The van der Waals surface area contributed by atoms with Gasteiger partial charge in [-0.25, -0.2) is 0 Å². The second-order valence-corrected chi connectivity index (χ2v) is 10.00. The number of phenolic OH excluding ortho intramolecular Hbond substituents is 1. The Morgan fingerprint density at radius 1 is 1.00 bits per heavy atom. The molecule has 1 aromatic heterocycles. The number of nitrogens with zero attached hydrogens (tertiary/aromatic N) is 1. The number of carbonyl (C=O) groups is 1. The molecule has 3 aromatic carbocycles. The summed E-state index contributed by atoms with van der Waals surface area (Å²) in [5, 5.41) is 13.8. The highest BCUT2D eigenvalue weighted by Crippen LogP contribution is 2.47. The molecular weight excluding hydrogens is 448 g/mol. The first kappa shape index (κ1) is 22.7. The van der Waals surface area contributed by atoms with Crippen molar-refractivity contribution in [3.63, 3.8) is 0 Å². The van der Waals surface area contributed by atoms with Crippen LogP contribution >= 0.6 is 0 Å². The molecule has 0 atom stereocenters. The normalized spacial score (nSPS) is 15.6. The summed E-state index contributed by atoms with van der Waals surface area (Å²) in [6, 6.07) is 21.7. The Balaban J connectivity index is 1.36. The molecule has 0 spiro atoms. The molecular formula is C31H32N2O3. The molecule has 5 heteroatoms. The average Bonchev–Trinajstić information content (AvgIpc) is 3.11. The molecule has 0 unspecified atom stereocenters. The third-order valence-corrected chi connectivity index (χ3v) is 7.73. The van der Waals surface area contributed by atoms with Crippen molar-refractivity contribution in [3.8, 4) is 22.8 Å². The van der Waals surface area contributed by atoms with Gasteiger partial charge in [0.05, 0.1) is 12.2 Å². The minimum atomic E-state index is -0.0595. The van der Waals surface area contributed by atoms with E-state index in [0.717, 1.165) is 35.4 Å². The van der Waals surface area contributed by atoms with Gasteiger partial charge in [0.15, 0.2) is 0 Å². The van der Waals surface area contributed by atoms with E-state index in [-0.39, 0.29) is 11.7 Å². The zero-order chi connectivity index (χ0) is 24.5. The van der Waals surface area contributed by atoms with E-state index >= 15 is 0 Å². The molecule has 36 heavy (non-hydrogen) atoms. The fourth-order valence-electron chi connectivity index (χ4n) is 5.96. The maximum Gasteiger partial charge on any atom is 0.251 e. The molecule has 0 radical (unpaired) electrons. The quantitative estimate of drug-likeness (QED) is 0.346. The van der Waals surface area contributed by atoms with E-state index < -0.39 is 0 Å². The first-order valence-corrected chi connectivity index (χ1v) is 13.1. The Morgan fingerprint density at radius 3 is 2.64 bits per heavy atom. The number of hydrogen-bond donors (Lipinski definition) is 2.